The Kier molecular flexibility index (Phi) is 6.84. The van der Waals surface area contributed by atoms with E-state index in [1.54, 1.807) is 0 Å². The molecule has 0 atom stereocenters. The first-order valence-electron chi connectivity index (χ1n) is 6.57. The first-order valence-corrected chi connectivity index (χ1v) is 11.4. The summed E-state index contributed by atoms with van der Waals surface area (Å²) in [4.78, 5) is 3.83. The Bertz CT molecular complexity index is 834. The minimum atomic E-state index is -4.30. The lowest BCUT2D eigenvalue weighted by Crippen LogP contribution is -2.15. The highest BCUT2D eigenvalue weighted by Gasteiger charge is 2.16. The van der Waals surface area contributed by atoms with E-state index in [9.17, 15) is 25.3 Å². The molecule has 0 saturated heterocycles. The van der Waals surface area contributed by atoms with Gasteiger partial charge in [0.05, 0.1) is 17.3 Å². The molecule has 1 aromatic rings. The molecule has 24 heavy (non-hydrogen) atoms. The van der Waals surface area contributed by atoms with Gasteiger partial charge in [-0.3, -0.25) is 18.6 Å². The molecular weight excluding hydrogens is 386 g/mol. The molecule has 0 aliphatic rings. The Morgan fingerprint density at radius 3 is 1.33 bits per heavy atom. The van der Waals surface area contributed by atoms with Crippen molar-refractivity contribution in [2.75, 3.05) is 17.3 Å². The second kappa shape index (κ2) is 7.84. The second-order valence-electron chi connectivity index (χ2n) is 5.04. The molecule has 0 spiro atoms. The number of pyridine rings is 1. The van der Waals surface area contributed by atoms with Crippen LogP contribution in [0.2, 0.25) is 0 Å². The summed E-state index contributed by atoms with van der Waals surface area (Å²) in [6.07, 6.45) is 1.98. The van der Waals surface area contributed by atoms with E-state index in [1.807, 2.05) is 0 Å². The van der Waals surface area contributed by atoms with Crippen LogP contribution in [-0.4, -0.2) is 61.2 Å². The number of hydrogen-bond acceptors (Lipinski definition) is 7. The lowest BCUT2D eigenvalue weighted by molar-refractivity contribution is 0.479. The van der Waals surface area contributed by atoms with Gasteiger partial charge in [-0.15, -0.1) is 0 Å². The first kappa shape index (κ1) is 20.9. The average Bonchev–Trinajstić information content (AvgIpc) is 2.38. The quantitative estimate of drug-likeness (QED) is 0.450. The zero-order chi connectivity index (χ0) is 18.6. The lowest BCUT2D eigenvalue weighted by Gasteiger charge is -2.13. The number of rotatable bonds is 9. The standard InChI is InChI=1S/C11H17NO9S3/c13-22(14,15)4-1-9-7-12-8-10(2-5-23(16,17)18)11(9)3-6-24(19,20)21/h7-8H,1-6H2,(H,13,14,15)(H,16,17,18)(H,19,20,21). The molecule has 0 aliphatic heterocycles. The Hall–Kier alpha value is -1.12. The van der Waals surface area contributed by atoms with Gasteiger partial charge in [-0.2, -0.15) is 25.3 Å². The zero-order valence-corrected chi connectivity index (χ0v) is 14.8. The van der Waals surface area contributed by atoms with Crippen LogP contribution >= 0.6 is 0 Å². The molecule has 0 aliphatic carbocycles. The summed E-state index contributed by atoms with van der Waals surface area (Å²) in [5.41, 5.74) is 0.892. The van der Waals surface area contributed by atoms with Gasteiger partial charge in [0, 0.05) is 12.4 Å². The third-order valence-corrected chi connectivity index (χ3v) is 5.26. The topological polar surface area (TPSA) is 176 Å². The summed E-state index contributed by atoms with van der Waals surface area (Å²) in [6.45, 7) is 0. The molecular formula is C11H17NO9S3. The van der Waals surface area contributed by atoms with Crippen LogP contribution in [0.1, 0.15) is 16.7 Å². The fourth-order valence-electron chi connectivity index (χ4n) is 2.04. The molecule has 1 aromatic heterocycles. The number of aromatic nitrogens is 1. The second-order valence-corrected chi connectivity index (χ2v) is 9.76. The summed E-state index contributed by atoms with van der Waals surface area (Å²) < 4.78 is 91.8. The molecule has 1 rings (SSSR count). The molecule has 3 N–H and O–H groups in total. The summed E-state index contributed by atoms with van der Waals surface area (Å²) >= 11 is 0. The van der Waals surface area contributed by atoms with Gasteiger partial charge in [0.1, 0.15) is 0 Å². The maximum Gasteiger partial charge on any atom is 0.265 e. The summed E-state index contributed by atoms with van der Waals surface area (Å²) in [6, 6.07) is 0. The Morgan fingerprint density at radius 2 is 1.00 bits per heavy atom. The molecule has 0 amide bonds. The van der Waals surface area contributed by atoms with Gasteiger partial charge in [0.15, 0.2) is 0 Å². The van der Waals surface area contributed by atoms with Crippen LogP contribution in [0, 0.1) is 0 Å². The van der Waals surface area contributed by atoms with Gasteiger partial charge in [-0.05, 0) is 36.0 Å². The summed E-state index contributed by atoms with van der Waals surface area (Å²) in [5.74, 6) is -1.92. The van der Waals surface area contributed by atoms with Crippen molar-refractivity contribution >= 4 is 30.4 Å². The summed E-state index contributed by atoms with van der Waals surface area (Å²) in [7, 11) is -12.8. The van der Waals surface area contributed by atoms with E-state index in [1.165, 1.54) is 12.4 Å². The van der Waals surface area contributed by atoms with Gasteiger partial charge in [-0.25, -0.2) is 0 Å². The molecule has 13 heteroatoms. The predicted octanol–water partition coefficient (Wildman–Crippen LogP) is -0.627. The molecule has 0 aromatic carbocycles. The Labute approximate surface area is 140 Å². The van der Waals surface area contributed by atoms with Crippen molar-refractivity contribution in [3.63, 3.8) is 0 Å². The maximum absolute atomic E-state index is 10.9. The van der Waals surface area contributed by atoms with Crippen molar-refractivity contribution in [3.05, 3.63) is 29.1 Å². The van der Waals surface area contributed by atoms with Crippen molar-refractivity contribution in [1.82, 2.24) is 4.98 Å². The van der Waals surface area contributed by atoms with Crippen molar-refractivity contribution in [2.24, 2.45) is 0 Å². The van der Waals surface area contributed by atoms with Crippen LogP contribution in [0.4, 0.5) is 0 Å². The molecule has 138 valence electrons. The largest absolute Gasteiger partial charge is 0.286 e. The van der Waals surface area contributed by atoms with Crippen molar-refractivity contribution < 1.29 is 38.9 Å². The highest BCUT2D eigenvalue weighted by atomic mass is 32.2. The smallest absolute Gasteiger partial charge is 0.265 e. The fraction of sp³-hybridized carbons (Fsp3) is 0.545. The van der Waals surface area contributed by atoms with E-state index >= 15 is 0 Å². The molecule has 1 heterocycles. The number of nitrogens with zero attached hydrogens (tertiary/aromatic N) is 1. The highest BCUT2D eigenvalue weighted by Crippen LogP contribution is 2.18. The molecule has 0 unspecified atom stereocenters. The SMILES string of the molecule is O=S(=O)(O)CCc1cncc(CCS(=O)(=O)O)c1CCS(=O)(=O)O. The van der Waals surface area contributed by atoms with E-state index in [0.717, 1.165) is 0 Å². The van der Waals surface area contributed by atoms with Gasteiger partial charge >= 0.3 is 0 Å². The van der Waals surface area contributed by atoms with Gasteiger partial charge in [0.25, 0.3) is 30.4 Å². The van der Waals surface area contributed by atoms with E-state index in [4.69, 9.17) is 13.7 Å². The van der Waals surface area contributed by atoms with E-state index in [2.05, 4.69) is 4.98 Å². The van der Waals surface area contributed by atoms with Crippen LogP contribution in [0.15, 0.2) is 12.4 Å². The van der Waals surface area contributed by atoms with Gasteiger partial charge in [-0.1, -0.05) is 0 Å². The molecule has 0 fully saturated rings. The summed E-state index contributed by atoms with van der Waals surface area (Å²) in [5, 5.41) is 0. The molecule has 0 bridgehead atoms. The van der Waals surface area contributed by atoms with Crippen LogP contribution in [-0.2, 0) is 49.6 Å². The van der Waals surface area contributed by atoms with E-state index in [0.29, 0.717) is 16.7 Å². The van der Waals surface area contributed by atoms with Crippen molar-refractivity contribution in [3.8, 4) is 0 Å². The third-order valence-electron chi connectivity index (χ3n) is 3.10. The van der Waals surface area contributed by atoms with Crippen LogP contribution in [0.3, 0.4) is 0 Å². The minimum absolute atomic E-state index is 0.174. The molecule has 0 radical (unpaired) electrons. The Morgan fingerprint density at radius 1 is 0.667 bits per heavy atom. The molecule has 0 saturated carbocycles. The molecule has 10 nitrogen and oxygen atoms in total. The number of aryl methyl sites for hydroxylation is 2. The Balaban J connectivity index is 3.16. The predicted molar refractivity (Wildman–Crippen MR) is 84.6 cm³/mol. The highest BCUT2D eigenvalue weighted by molar-refractivity contribution is 7.86. The normalized spacial score (nSPS) is 13.1. The monoisotopic (exact) mass is 403 g/mol. The van der Waals surface area contributed by atoms with Crippen LogP contribution < -0.4 is 0 Å². The van der Waals surface area contributed by atoms with Gasteiger partial charge in [0.2, 0.25) is 0 Å². The average molecular weight is 403 g/mol. The third kappa shape index (κ3) is 8.65. The lowest BCUT2D eigenvalue weighted by atomic mass is 9.99. The van der Waals surface area contributed by atoms with Gasteiger partial charge < -0.3 is 0 Å². The fourth-order valence-corrected chi connectivity index (χ4v) is 3.46. The van der Waals surface area contributed by atoms with Crippen LogP contribution in [0.25, 0.3) is 0 Å². The van der Waals surface area contributed by atoms with Crippen molar-refractivity contribution in [2.45, 2.75) is 19.3 Å². The van der Waals surface area contributed by atoms with Crippen LogP contribution in [0.5, 0.6) is 0 Å². The van der Waals surface area contributed by atoms with E-state index in [-0.39, 0.29) is 19.3 Å². The number of hydrogen-bond donors (Lipinski definition) is 3. The minimum Gasteiger partial charge on any atom is -0.286 e. The van der Waals surface area contributed by atoms with E-state index < -0.39 is 47.6 Å². The zero-order valence-electron chi connectivity index (χ0n) is 12.4. The van der Waals surface area contributed by atoms with Crippen molar-refractivity contribution in [1.29, 1.82) is 0 Å². The first-order chi connectivity index (χ1) is 10.8. The maximum atomic E-state index is 10.9.